The first kappa shape index (κ1) is 19.4. The van der Waals surface area contributed by atoms with Gasteiger partial charge in [-0.1, -0.05) is 84.4 Å². The molecule has 0 amide bonds. The predicted molar refractivity (Wildman–Crippen MR) is 114 cm³/mol. The van der Waals surface area contributed by atoms with Crippen molar-refractivity contribution in [3.05, 3.63) is 108 Å². The fraction of sp³-hybridized carbons (Fsp3) is 0.167. The van der Waals surface area contributed by atoms with Crippen LogP contribution in [0.25, 0.3) is 5.70 Å². The average Bonchev–Trinajstić information content (AvgIpc) is 2.74. The molecular formula is C24H23NO3S. The first-order chi connectivity index (χ1) is 14.0. The molecule has 29 heavy (non-hydrogen) atoms. The van der Waals surface area contributed by atoms with E-state index in [1.807, 2.05) is 73.7 Å². The Bertz CT molecular complexity index is 1110. The van der Waals surface area contributed by atoms with Crippen molar-refractivity contribution in [2.24, 2.45) is 0 Å². The van der Waals surface area contributed by atoms with Crippen LogP contribution < -0.4 is 0 Å². The Morgan fingerprint density at radius 2 is 1.45 bits per heavy atom. The number of hydrogen-bond donors (Lipinski definition) is 1. The summed E-state index contributed by atoms with van der Waals surface area (Å²) < 4.78 is 28.1. The van der Waals surface area contributed by atoms with Crippen molar-refractivity contribution in [1.29, 1.82) is 0 Å². The van der Waals surface area contributed by atoms with Crippen LogP contribution in [0.4, 0.5) is 0 Å². The number of hydrogen-bond acceptors (Lipinski definition) is 3. The van der Waals surface area contributed by atoms with Gasteiger partial charge in [-0.2, -0.15) is 0 Å². The van der Waals surface area contributed by atoms with Crippen LogP contribution in [0.3, 0.4) is 0 Å². The van der Waals surface area contributed by atoms with Gasteiger partial charge in [0.2, 0.25) is 0 Å². The number of rotatable bonds is 4. The lowest BCUT2D eigenvalue weighted by Crippen LogP contribution is -2.42. The summed E-state index contributed by atoms with van der Waals surface area (Å²) in [5, 5.41) is 11.0. The fourth-order valence-corrected chi connectivity index (χ4v) is 5.23. The highest BCUT2D eigenvalue weighted by Gasteiger charge is 2.37. The van der Waals surface area contributed by atoms with Gasteiger partial charge in [-0.15, -0.1) is 0 Å². The second-order valence-corrected chi connectivity index (χ2v) is 9.08. The van der Waals surface area contributed by atoms with Crippen LogP contribution in [-0.4, -0.2) is 24.1 Å². The zero-order valence-corrected chi connectivity index (χ0v) is 17.0. The summed E-state index contributed by atoms with van der Waals surface area (Å²) in [5.41, 5.74) is 3.28. The molecule has 0 radical (unpaired) electrons. The molecule has 0 aromatic heterocycles. The molecule has 0 spiro atoms. The Morgan fingerprint density at radius 3 is 2.07 bits per heavy atom. The van der Waals surface area contributed by atoms with Crippen LogP contribution in [-0.2, 0) is 10.0 Å². The first-order valence-electron chi connectivity index (χ1n) is 9.58. The fourth-order valence-electron chi connectivity index (χ4n) is 3.69. The smallest absolute Gasteiger partial charge is 0.266 e. The molecule has 1 N–H and O–H groups in total. The van der Waals surface area contributed by atoms with Crippen LogP contribution >= 0.6 is 0 Å². The molecule has 0 saturated heterocycles. The summed E-state index contributed by atoms with van der Waals surface area (Å²) in [7, 11) is -3.92. The minimum atomic E-state index is -3.92. The largest absolute Gasteiger partial charge is 0.372 e. The molecule has 0 saturated carbocycles. The van der Waals surface area contributed by atoms with Crippen LogP contribution in [0, 0.1) is 6.92 Å². The zero-order chi connectivity index (χ0) is 20.4. The Hall–Kier alpha value is -2.89. The Kier molecular flexibility index (Phi) is 5.26. The highest BCUT2D eigenvalue weighted by molar-refractivity contribution is 7.89. The molecule has 148 valence electrons. The number of aliphatic hydroxyl groups excluding tert-OH is 1. The molecule has 2 atom stereocenters. The molecule has 4 nitrogen and oxygen atoms in total. The molecule has 1 unspecified atom stereocenters. The van der Waals surface area contributed by atoms with Crippen molar-refractivity contribution in [3.63, 3.8) is 0 Å². The van der Waals surface area contributed by atoms with Gasteiger partial charge < -0.3 is 5.11 Å². The molecule has 0 bridgehead atoms. The maximum Gasteiger partial charge on any atom is 0.266 e. The summed E-state index contributed by atoms with van der Waals surface area (Å²) in [4.78, 5) is 0.169. The van der Waals surface area contributed by atoms with Gasteiger partial charge in [0, 0.05) is 12.3 Å². The first-order valence-corrected chi connectivity index (χ1v) is 11.0. The second kappa shape index (κ2) is 7.85. The molecular weight excluding hydrogens is 382 g/mol. The third-order valence-corrected chi connectivity index (χ3v) is 7.03. The number of aliphatic hydroxyl groups is 1. The van der Waals surface area contributed by atoms with Crippen molar-refractivity contribution in [2.75, 3.05) is 0 Å². The van der Waals surface area contributed by atoms with Gasteiger partial charge in [0.1, 0.15) is 6.23 Å². The van der Waals surface area contributed by atoms with Crippen molar-refractivity contribution < 1.29 is 13.5 Å². The highest BCUT2D eigenvalue weighted by Crippen LogP contribution is 2.39. The molecule has 3 aromatic carbocycles. The molecule has 1 heterocycles. The van der Waals surface area contributed by atoms with Gasteiger partial charge in [0.15, 0.2) is 0 Å². The molecule has 3 aromatic rings. The van der Waals surface area contributed by atoms with E-state index in [0.29, 0.717) is 12.1 Å². The highest BCUT2D eigenvalue weighted by atomic mass is 32.2. The minimum Gasteiger partial charge on any atom is -0.372 e. The van der Waals surface area contributed by atoms with E-state index in [2.05, 4.69) is 0 Å². The maximum atomic E-state index is 13.5. The standard InChI is InChI=1S/C24H23NO3S/c1-18-12-14-22(15-13-18)29(27,28)25-23(20-10-6-3-7-11-20)16-21(17-24(25)26)19-8-4-2-5-9-19/h2-16,21,24,26H,17H2,1H3/t21-,24?/m0/s1. The van der Waals surface area contributed by atoms with E-state index in [4.69, 9.17) is 0 Å². The molecule has 1 aliphatic heterocycles. The summed E-state index contributed by atoms with van der Waals surface area (Å²) >= 11 is 0. The van der Waals surface area contributed by atoms with Gasteiger partial charge in [-0.3, -0.25) is 0 Å². The number of sulfonamides is 1. The SMILES string of the molecule is Cc1ccc(S(=O)(=O)N2C(c3ccccc3)=C[C@H](c3ccccc3)CC2O)cc1. The molecule has 4 rings (SSSR count). The maximum absolute atomic E-state index is 13.5. The van der Waals surface area contributed by atoms with Crippen molar-refractivity contribution >= 4 is 15.7 Å². The molecule has 1 aliphatic rings. The summed E-state index contributed by atoms with van der Waals surface area (Å²) in [6.07, 6.45) is 1.08. The van der Waals surface area contributed by atoms with Crippen molar-refractivity contribution in [3.8, 4) is 0 Å². The lowest BCUT2D eigenvalue weighted by molar-refractivity contribution is 0.0776. The molecule has 0 fully saturated rings. The monoisotopic (exact) mass is 405 g/mol. The van der Waals surface area contributed by atoms with E-state index in [1.165, 1.54) is 0 Å². The van der Waals surface area contributed by atoms with E-state index in [0.717, 1.165) is 21.0 Å². The predicted octanol–water partition coefficient (Wildman–Crippen LogP) is 4.53. The van der Waals surface area contributed by atoms with Crippen LogP contribution in [0.15, 0.2) is 95.9 Å². The van der Waals surface area contributed by atoms with Crippen molar-refractivity contribution in [2.45, 2.75) is 30.4 Å². The third kappa shape index (κ3) is 3.84. The van der Waals surface area contributed by atoms with Gasteiger partial charge in [-0.25, -0.2) is 12.7 Å². The van der Waals surface area contributed by atoms with E-state index < -0.39 is 16.3 Å². The number of allylic oxidation sites excluding steroid dienone is 1. The van der Waals surface area contributed by atoms with Gasteiger partial charge >= 0.3 is 0 Å². The Morgan fingerprint density at radius 1 is 0.862 bits per heavy atom. The summed E-state index contributed by atoms with van der Waals surface area (Å²) in [5.74, 6) is -0.0779. The number of nitrogens with zero attached hydrogens (tertiary/aromatic N) is 1. The molecule has 5 heteroatoms. The van der Waals surface area contributed by atoms with Crippen LogP contribution in [0.2, 0.25) is 0 Å². The van der Waals surface area contributed by atoms with Crippen LogP contribution in [0.5, 0.6) is 0 Å². The van der Waals surface area contributed by atoms with Gasteiger partial charge in [0.25, 0.3) is 10.0 Å². The average molecular weight is 406 g/mol. The lowest BCUT2D eigenvalue weighted by atomic mass is 9.90. The lowest BCUT2D eigenvalue weighted by Gasteiger charge is -2.37. The summed E-state index contributed by atoms with van der Waals surface area (Å²) in [6.45, 7) is 1.91. The normalized spacial score (nSPS) is 19.7. The van der Waals surface area contributed by atoms with E-state index in [1.54, 1.807) is 24.3 Å². The zero-order valence-electron chi connectivity index (χ0n) is 16.1. The van der Waals surface area contributed by atoms with E-state index in [-0.39, 0.29) is 10.8 Å². The summed E-state index contributed by atoms with van der Waals surface area (Å²) in [6, 6.07) is 25.9. The number of benzene rings is 3. The van der Waals surface area contributed by atoms with Crippen molar-refractivity contribution in [1.82, 2.24) is 4.31 Å². The topological polar surface area (TPSA) is 57.6 Å². The third-order valence-electron chi connectivity index (χ3n) is 5.21. The second-order valence-electron chi connectivity index (χ2n) is 7.27. The Balaban J connectivity index is 1.85. The quantitative estimate of drug-likeness (QED) is 0.694. The molecule has 0 aliphatic carbocycles. The number of aryl methyl sites for hydroxylation is 1. The van der Waals surface area contributed by atoms with E-state index in [9.17, 15) is 13.5 Å². The van der Waals surface area contributed by atoms with E-state index >= 15 is 0 Å². The van der Waals surface area contributed by atoms with Gasteiger partial charge in [0.05, 0.1) is 10.6 Å². The van der Waals surface area contributed by atoms with Crippen LogP contribution in [0.1, 0.15) is 29.0 Å². The Labute approximate surface area is 171 Å². The van der Waals surface area contributed by atoms with Gasteiger partial charge in [-0.05, 0) is 30.2 Å². The minimum absolute atomic E-state index is 0.0779.